The lowest BCUT2D eigenvalue weighted by molar-refractivity contribution is -0.175. The van der Waals surface area contributed by atoms with Gasteiger partial charge in [-0.25, -0.2) is 0 Å². The number of amides is 2. The first kappa shape index (κ1) is 7.23. The predicted octanol–water partition coefficient (Wildman–Crippen LogP) is -0.686. The third-order valence-electron chi connectivity index (χ3n) is 2.89. The average Bonchev–Trinajstić information content (AvgIpc) is 2.76. The molecule has 3 heterocycles. The number of carbonyl (C=O) groups is 2. The van der Waals surface area contributed by atoms with Gasteiger partial charge in [-0.15, -0.1) is 0 Å². The van der Waals surface area contributed by atoms with Crippen LogP contribution in [0.5, 0.6) is 0 Å². The van der Waals surface area contributed by atoms with Crippen molar-refractivity contribution in [2.45, 2.75) is 12.2 Å². The van der Waals surface area contributed by atoms with Crippen molar-refractivity contribution < 1.29 is 19.5 Å². The summed E-state index contributed by atoms with van der Waals surface area (Å²) in [5, 5.41) is 9.31. The predicted molar refractivity (Wildman–Crippen MR) is 38.4 cm³/mol. The van der Waals surface area contributed by atoms with E-state index in [1.165, 1.54) is 0 Å². The van der Waals surface area contributed by atoms with E-state index in [4.69, 9.17) is 9.94 Å². The third kappa shape index (κ3) is 0.653. The number of ether oxygens (including phenoxy) is 1. The molecule has 2 bridgehead atoms. The Kier molecular flexibility index (Phi) is 1.11. The Bertz CT molecular complexity index is 307. The molecule has 3 aliphatic rings. The molecule has 5 heteroatoms. The van der Waals surface area contributed by atoms with E-state index < -0.39 is 23.7 Å². The SMILES string of the molecule is O=C1C2C(C(=O)N1O)[C@H]1C=C[C@@H]2O1. The molecule has 0 radical (unpaired) electrons. The largest absolute Gasteiger partial charge is 0.365 e. The Morgan fingerprint density at radius 3 is 2.08 bits per heavy atom. The minimum Gasteiger partial charge on any atom is -0.365 e. The number of carbonyl (C=O) groups excluding carboxylic acids is 2. The highest BCUT2D eigenvalue weighted by Crippen LogP contribution is 2.44. The summed E-state index contributed by atoms with van der Waals surface area (Å²) >= 11 is 0. The molecule has 2 unspecified atom stereocenters. The fraction of sp³-hybridized carbons (Fsp3) is 0.500. The number of fused-ring (bicyclic) bond motifs is 5. The van der Waals surface area contributed by atoms with E-state index in [2.05, 4.69) is 0 Å². The van der Waals surface area contributed by atoms with Crippen LogP contribution >= 0.6 is 0 Å². The Hall–Kier alpha value is -1.20. The third-order valence-corrected chi connectivity index (χ3v) is 2.89. The molecule has 2 amide bonds. The van der Waals surface area contributed by atoms with Crippen LogP contribution < -0.4 is 0 Å². The number of hydrogen-bond acceptors (Lipinski definition) is 4. The second kappa shape index (κ2) is 2.00. The number of hydrogen-bond donors (Lipinski definition) is 1. The summed E-state index contributed by atoms with van der Waals surface area (Å²) in [6.45, 7) is 0. The summed E-state index contributed by atoms with van der Waals surface area (Å²) < 4.78 is 5.34. The fourth-order valence-electron chi connectivity index (χ4n) is 2.29. The molecule has 0 spiro atoms. The Labute approximate surface area is 73.5 Å². The van der Waals surface area contributed by atoms with Crippen LogP contribution in [0, 0.1) is 11.8 Å². The summed E-state index contributed by atoms with van der Waals surface area (Å²) in [5.41, 5.74) is 0. The van der Waals surface area contributed by atoms with Gasteiger partial charge in [0.1, 0.15) is 0 Å². The van der Waals surface area contributed by atoms with Gasteiger partial charge in [0, 0.05) is 0 Å². The topological polar surface area (TPSA) is 66.8 Å². The van der Waals surface area contributed by atoms with Crippen molar-refractivity contribution >= 4 is 11.8 Å². The first-order chi connectivity index (χ1) is 6.20. The van der Waals surface area contributed by atoms with Crippen molar-refractivity contribution in [1.29, 1.82) is 0 Å². The van der Waals surface area contributed by atoms with E-state index in [1.807, 2.05) is 0 Å². The van der Waals surface area contributed by atoms with Crippen molar-refractivity contribution in [2.24, 2.45) is 11.8 Å². The lowest BCUT2D eigenvalue weighted by Gasteiger charge is -2.09. The van der Waals surface area contributed by atoms with Crippen LogP contribution in [0.15, 0.2) is 12.2 Å². The monoisotopic (exact) mass is 181 g/mol. The van der Waals surface area contributed by atoms with Crippen molar-refractivity contribution in [2.75, 3.05) is 0 Å². The molecule has 0 aromatic carbocycles. The summed E-state index contributed by atoms with van der Waals surface area (Å²) in [7, 11) is 0. The summed E-state index contributed by atoms with van der Waals surface area (Å²) in [4.78, 5) is 22.7. The van der Waals surface area contributed by atoms with Gasteiger partial charge in [0.15, 0.2) is 0 Å². The van der Waals surface area contributed by atoms with Gasteiger partial charge < -0.3 is 4.74 Å². The molecule has 0 aromatic heterocycles. The first-order valence-corrected chi connectivity index (χ1v) is 4.10. The molecule has 68 valence electrons. The first-order valence-electron chi connectivity index (χ1n) is 4.10. The minimum absolute atomic E-state index is 0.227. The fourth-order valence-corrected chi connectivity index (χ4v) is 2.29. The molecule has 0 aromatic rings. The average molecular weight is 181 g/mol. The molecular weight excluding hydrogens is 174 g/mol. The standard InChI is InChI=1S/C8H7NO4/c10-7-5-3-1-2-4(13-3)6(5)8(11)9(7)12/h1-6,12H/t3-,4+,5?,6?. The number of hydroxylamine groups is 2. The molecule has 5 nitrogen and oxygen atoms in total. The zero-order valence-corrected chi connectivity index (χ0v) is 6.58. The summed E-state index contributed by atoms with van der Waals surface area (Å²) in [6, 6.07) is 0. The van der Waals surface area contributed by atoms with E-state index in [0.29, 0.717) is 0 Å². The molecular formula is C8H7NO4. The van der Waals surface area contributed by atoms with Gasteiger partial charge >= 0.3 is 0 Å². The van der Waals surface area contributed by atoms with E-state index >= 15 is 0 Å². The number of imide groups is 1. The summed E-state index contributed by atoms with van der Waals surface area (Å²) in [6.07, 6.45) is 2.92. The van der Waals surface area contributed by atoms with Gasteiger partial charge in [0.25, 0.3) is 11.8 Å². The maximum absolute atomic E-state index is 11.3. The van der Waals surface area contributed by atoms with E-state index in [1.54, 1.807) is 12.2 Å². The van der Waals surface area contributed by atoms with Crippen LogP contribution in [0.4, 0.5) is 0 Å². The van der Waals surface area contributed by atoms with Gasteiger partial charge in [-0.3, -0.25) is 14.8 Å². The molecule has 0 aliphatic carbocycles. The number of nitrogens with zero attached hydrogens (tertiary/aromatic N) is 1. The highest BCUT2D eigenvalue weighted by molar-refractivity contribution is 6.05. The van der Waals surface area contributed by atoms with Crippen molar-refractivity contribution in [3.8, 4) is 0 Å². The molecule has 2 fully saturated rings. The second-order valence-corrected chi connectivity index (χ2v) is 3.49. The van der Waals surface area contributed by atoms with E-state index in [9.17, 15) is 9.59 Å². The molecule has 3 aliphatic heterocycles. The van der Waals surface area contributed by atoms with Crippen molar-refractivity contribution in [3.05, 3.63) is 12.2 Å². The quantitative estimate of drug-likeness (QED) is 0.305. The lowest BCUT2D eigenvalue weighted by atomic mass is 9.85. The zero-order chi connectivity index (χ0) is 9.16. The van der Waals surface area contributed by atoms with Crippen LogP contribution in [0.2, 0.25) is 0 Å². The highest BCUT2D eigenvalue weighted by atomic mass is 16.5. The van der Waals surface area contributed by atoms with Crippen molar-refractivity contribution in [1.82, 2.24) is 5.06 Å². The molecule has 4 atom stereocenters. The molecule has 13 heavy (non-hydrogen) atoms. The minimum atomic E-state index is -0.535. The lowest BCUT2D eigenvalue weighted by Crippen LogP contribution is -2.31. The van der Waals surface area contributed by atoms with Gasteiger partial charge in [0.05, 0.1) is 24.0 Å². The van der Waals surface area contributed by atoms with Gasteiger partial charge in [-0.05, 0) is 0 Å². The van der Waals surface area contributed by atoms with Crippen molar-refractivity contribution in [3.63, 3.8) is 0 Å². The summed E-state index contributed by atoms with van der Waals surface area (Å²) in [5.74, 6) is -2.06. The smallest absolute Gasteiger partial charge is 0.260 e. The van der Waals surface area contributed by atoms with E-state index in [0.717, 1.165) is 0 Å². The van der Waals surface area contributed by atoms with E-state index in [-0.39, 0.29) is 17.3 Å². The maximum atomic E-state index is 11.3. The van der Waals surface area contributed by atoms with Gasteiger partial charge in [0.2, 0.25) is 0 Å². The van der Waals surface area contributed by atoms with Gasteiger partial charge in [-0.2, -0.15) is 5.06 Å². The number of rotatable bonds is 0. The zero-order valence-electron chi connectivity index (χ0n) is 6.58. The normalized spacial score (nSPS) is 46.4. The van der Waals surface area contributed by atoms with Crippen LogP contribution in [0.25, 0.3) is 0 Å². The van der Waals surface area contributed by atoms with Crippen LogP contribution in [-0.4, -0.2) is 34.3 Å². The molecule has 1 N–H and O–H groups in total. The molecule has 3 rings (SSSR count). The van der Waals surface area contributed by atoms with Gasteiger partial charge in [-0.1, -0.05) is 12.2 Å². The van der Waals surface area contributed by atoms with Crippen LogP contribution in [0.1, 0.15) is 0 Å². The Morgan fingerprint density at radius 2 is 1.62 bits per heavy atom. The van der Waals surface area contributed by atoms with Crippen LogP contribution in [-0.2, 0) is 14.3 Å². The Balaban J connectivity index is 2.08. The highest BCUT2D eigenvalue weighted by Gasteiger charge is 2.60. The molecule has 0 saturated carbocycles. The Morgan fingerprint density at radius 1 is 1.15 bits per heavy atom. The van der Waals surface area contributed by atoms with Crippen LogP contribution in [0.3, 0.4) is 0 Å². The second-order valence-electron chi connectivity index (χ2n) is 3.49. The maximum Gasteiger partial charge on any atom is 0.260 e. The molecule has 2 saturated heterocycles.